The number of fused-ring (bicyclic) bond motifs is 1. The van der Waals surface area contributed by atoms with Crippen LogP contribution in [0.3, 0.4) is 0 Å². The molecule has 0 spiro atoms. The Kier molecular flexibility index (Phi) is 2.96. The third-order valence-electron chi connectivity index (χ3n) is 3.54. The number of hydrogen-bond acceptors (Lipinski definition) is 5. The number of nitrogens with one attached hydrogen (secondary N) is 2. The van der Waals surface area contributed by atoms with Crippen LogP contribution in [0.25, 0.3) is 11.0 Å². The number of hydrazone groups is 1. The van der Waals surface area contributed by atoms with Crippen LogP contribution in [0.4, 0.5) is 4.39 Å². The summed E-state index contributed by atoms with van der Waals surface area (Å²) in [5.74, 6) is 0.423. The molecule has 7 heteroatoms. The third-order valence-corrected chi connectivity index (χ3v) is 3.54. The van der Waals surface area contributed by atoms with E-state index in [0.717, 1.165) is 5.39 Å². The minimum absolute atomic E-state index is 0.248. The van der Waals surface area contributed by atoms with Crippen molar-refractivity contribution >= 4 is 16.9 Å². The number of pyridine rings is 1. The van der Waals surface area contributed by atoms with Crippen LogP contribution in [0.15, 0.2) is 47.7 Å². The van der Waals surface area contributed by atoms with Crippen molar-refractivity contribution < 1.29 is 4.39 Å². The molecule has 4 rings (SSSR count). The zero-order valence-corrected chi connectivity index (χ0v) is 11.6. The highest BCUT2D eigenvalue weighted by molar-refractivity contribution is 6.07. The molecule has 0 atom stereocenters. The van der Waals surface area contributed by atoms with Crippen LogP contribution in [-0.4, -0.2) is 27.3 Å². The summed E-state index contributed by atoms with van der Waals surface area (Å²) in [6.07, 6.45) is 1.70. The zero-order chi connectivity index (χ0) is 14.9. The lowest BCUT2D eigenvalue weighted by Crippen LogP contribution is -2.22. The van der Waals surface area contributed by atoms with E-state index >= 15 is 0 Å². The van der Waals surface area contributed by atoms with Gasteiger partial charge in [-0.05, 0) is 18.2 Å². The minimum Gasteiger partial charge on any atom is -0.348 e. The smallest absolute Gasteiger partial charge is 0.175 e. The van der Waals surface area contributed by atoms with E-state index in [1.54, 1.807) is 23.0 Å². The lowest BCUT2D eigenvalue weighted by molar-refractivity contribution is 0.589. The molecule has 3 aromatic rings. The summed E-state index contributed by atoms with van der Waals surface area (Å²) in [4.78, 5) is 4.37. The Bertz CT molecular complexity index is 869. The predicted octanol–water partition coefficient (Wildman–Crippen LogP) is 1.43. The fraction of sp³-hybridized carbons (Fsp3) is 0.133. The lowest BCUT2D eigenvalue weighted by Gasteiger charge is -2.04. The molecule has 0 bridgehead atoms. The molecule has 2 aromatic heterocycles. The molecule has 0 radical (unpaired) electrons. The zero-order valence-electron chi connectivity index (χ0n) is 11.6. The van der Waals surface area contributed by atoms with Gasteiger partial charge in [0.1, 0.15) is 18.2 Å². The van der Waals surface area contributed by atoms with E-state index in [9.17, 15) is 4.39 Å². The van der Waals surface area contributed by atoms with Crippen molar-refractivity contribution in [3.05, 3.63) is 59.7 Å². The van der Waals surface area contributed by atoms with Crippen molar-refractivity contribution in [2.45, 2.75) is 6.54 Å². The Morgan fingerprint density at radius 1 is 1.18 bits per heavy atom. The summed E-state index contributed by atoms with van der Waals surface area (Å²) in [5, 5.41) is 12.7. The summed E-state index contributed by atoms with van der Waals surface area (Å²) < 4.78 is 15.6. The molecular formula is C15H13FN6. The van der Waals surface area contributed by atoms with Crippen LogP contribution in [0.5, 0.6) is 0 Å². The maximum Gasteiger partial charge on any atom is 0.175 e. The van der Waals surface area contributed by atoms with Gasteiger partial charge in [0.15, 0.2) is 11.5 Å². The summed E-state index contributed by atoms with van der Waals surface area (Å²) in [6.45, 7) is 0.887. The Labute approximate surface area is 125 Å². The first-order valence-corrected chi connectivity index (χ1v) is 6.92. The average Bonchev–Trinajstić information content (AvgIpc) is 3.18. The molecule has 1 aromatic carbocycles. The summed E-state index contributed by atoms with van der Waals surface area (Å²) in [6, 6.07) is 10.5. The second-order valence-electron chi connectivity index (χ2n) is 4.94. The van der Waals surface area contributed by atoms with Gasteiger partial charge in [0.05, 0.1) is 11.9 Å². The Balaban J connectivity index is 1.83. The molecule has 0 saturated carbocycles. The number of amidine groups is 1. The van der Waals surface area contributed by atoms with Crippen LogP contribution in [0.1, 0.15) is 11.3 Å². The van der Waals surface area contributed by atoms with E-state index in [1.807, 2.05) is 18.2 Å². The van der Waals surface area contributed by atoms with Crippen molar-refractivity contribution in [3.63, 3.8) is 0 Å². The van der Waals surface area contributed by atoms with E-state index in [-0.39, 0.29) is 5.82 Å². The first-order valence-electron chi connectivity index (χ1n) is 6.92. The monoisotopic (exact) mass is 296 g/mol. The molecule has 6 nitrogen and oxygen atoms in total. The van der Waals surface area contributed by atoms with Gasteiger partial charge in [0.2, 0.25) is 0 Å². The predicted molar refractivity (Wildman–Crippen MR) is 80.7 cm³/mol. The first kappa shape index (κ1) is 12.8. The van der Waals surface area contributed by atoms with Crippen LogP contribution in [0.2, 0.25) is 0 Å². The second-order valence-corrected chi connectivity index (χ2v) is 4.94. The van der Waals surface area contributed by atoms with Crippen molar-refractivity contribution in [2.24, 2.45) is 5.10 Å². The molecule has 110 valence electrons. The van der Waals surface area contributed by atoms with Crippen LogP contribution in [-0.2, 0) is 6.54 Å². The van der Waals surface area contributed by atoms with E-state index in [4.69, 9.17) is 0 Å². The largest absolute Gasteiger partial charge is 0.348 e. The quantitative estimate of drug-likeness (QED) is 0.767. The van der Waals surface area contributed by atoms with E-state index in [2.05, 4.69) is 25.9 Å². The maximum absolute atomic E-state index is 13.9. The fourth-order valence-electron chi connectivity index (χ4n) is 2.50. The van der Waals surface area contributed by atoms with Crippen LogP contribution >= 0.6 is 0 Å². The van der Waals surface area contributed by atoms with Gasteiger partial charge in [-0.2, -0.15) is 10.2 Å². The molecule has 1 aliphatic heterocycles. The van der Waals surface area contributed by atoms with Crippen molar-refractivity contribution in [1.29, 1.82) is 0 Å². The molecular weight excluding hydrogens is 283 g/mol. The minimum atomic E-state index is -0.248. The number of benzene rings is 1. The Morgan fingerprint density at radius 2 is 2.09 bits per heavy atom. The molecule has 0 amide bonds. The van der Waals surface area contributed by atoms with Gasteiger partial charge in [-0.3, -0.25) is 5.43 Å². The maximum atomic E-state index is 13.9. The topological polar surface area (TPSA) is 67.1 Å². The highest BCUT2D eigenvalue weighted by Crippen LogP contribution is 2.19. The van der Waals surface area contributed by atoms with Crippen LogP contribution < -0.4 is 10.7 Å². The molecule has 0 saturated heterocycles. The number of aromatic nitrogens is 3. The van der Waals surface area contributed by atoms with Gasteiger partial charge in [0, 0.05) is 11.8 Å². The van der Waals surface area contributed by atoms with Gasteiger partial charge in [-0.25, -0.2) is 14.1 Å². The van der Waals surface area contributed by atoms with E-state index < -0.39 is 0 Å². The van der Waals surface area contributed by atoms with Crippen molar-refractivity contribution in [1.82, 2.24) is 25.5 Å². The lowest BCUT2D eigenvalue weighted by atomic mass is 10.2. The normalized spacial score (nSPS) is 13.8. The Hall–Kier alpha value is -2.96. The van der Waals surface area contributed by atoms with Gasteiger partial charge in [0.25, 0.3) is 0 Å². The highest BCUT2D eigenvalue weighted by atomic mass is 19.1. The molecule has 1 aliphatic rings. The Morgan fingerprint density at radius 3 is 2.91 bits per heavy atom. The molecule has 2 N–H and O–H groups in total. The molecule has 22 heavy (non-hydrogen) atoms. The third kappa shape index (κ3) is 2.07. The van der Waals surface area contributed by atoms with Crippen molar-refractivity contribution in [2.75, 3.05) is 6.67 Å². The summed E-state index contributed by atoms with van der Waals surface area (Å²) in [7, 11) is 0. The van der Waals surface area contributed by atoms with Gasteiger partial charge < -0.3 is 5.32 Å². The molecule has 3 heterocycles. The summed E-state index contributed by atoms with van der Waals surface area (Å²) >= 11 is 0. The SMILES string of the molecule is Fc1ccccc1Cn1nc(C2=NNCN2)c2cccnc21. The number of nitrogens with zero attached hydrogens (tertiary/aromatic N) is 4. The van der Waals surface area contributed by atoms with Gasteiger partial charge in [-0.1, -0.05) is 18.2 Å². The van der Waals surface area contributed by atoms with E-state index in [0.29, 0.717) is 36.0 Å². The van der Waals surface area contributed by atoms with E-state index in [1.165, 1.54) is 6.07 Å². The molecule has 0 aliphatic carbocycles. The standard InChI is InChI=1S/C15H13FN6/c16-12-6-2-1-4-10(12)8-22-15-11(5-3-7-17-15)13(21-22)14-18-9-19-20-14/h1-7,19H,8-9H2,(H,18,20). The fourth-order valence-corrected chi connectivity index (χ4v) is 2.50. The number of hydrogen-bond donors (Lipinski definition) is 2. The van der Waals surface area contributed by atoms with Gasteiger partial charge in [-0.15, -0.1) is 0 Å². The summed E-state index contributed by atoms with van der Waals surface area (Å²) in [5.41, 5.74) is 4.84. The highest BCUT2D eigenvalue weighted by Gasteiger charge is 2.19. The average molecular weight is 296 g/mol. The van der Waals surface area contributed by atoms with Crippen molar-refractivity contribution in [3.8, 4) is 0 Å². The number of halogens is 1. The second kappa shape index (κ2) is 5.10. The number of rotatable bonds is 3. The molecule has 0 fully saturated rings. The van der Waals surface area contributed by atoms with Crippen LogP contribution in [0, 0.1) is 5.82 Å². The first-order chi connectivity index (χ1) is 10.8. The molecule has 0 unspecified atom stereocenters. The van der Waals surface area contributed by atoms with Gasteiger partial charge >= 0.3 is 0 Å².